The Balaban J connectivity index is 1.34. The van der Waals surface area contributed by atoms with Gasteiger partial charge in [0.05, 0.1) is 15.2 Å². The van der Waals surface area contributed by atoms with Gasteiger partial charge in [-0.15, -0.1) is 11.3 Å². The minimum absolute atomic E-state index is 0.290. The molecule has 2 aliphatic heterocycles. The zero-order valence-electron chi connectivity index (χ0n) is 16.5. The quantitative estimate of drug-likeness (QED) is 0.464. The van der Waals surface area contributed by atoms with E-state index in [1.165, 1.54) is 35.5 Å². The third kappa shape index (κ3) is 2.73. The van der Waals surface area contributed by atoms with Crippen LogP contribution in [-0.2, 0) is 7.05 Å². The van der Waals surface area contributed by atoms with Crippen LogP contribution in [0.15, 0.2) is 24.4 Å². The molecule has 0 saturated carbocycles. The second-order valence-electron chi connectivity index (χ2n) is 8.44. The maximum absolute atomic E-state index is 14.5. The highest BCUT2D eigenvalue weighted by Crippen LogP contribution is 2.47. The van der Waals surface area contributed by atoms with Gasteiger partial charge in [0.25, 0.3) is 0 Å². The van der Waals surface area contributed by atoms with Crippen molar-refractivity contribution >= 4 is 48.1 Å². The fourth-order valence-corrected chi connectivity index (χ4v) is 7.30. The van der Waals surface area contributed by atoms with Gasteiger partial charge in [-0.2, -0.15) is 5.10 Å². The number of likely N-dealkylation sites (N-methyl/N-ethyl adjacent to an activating group) is 1. The molecule has 1 unspecified atom stereocenters. The molecule has 0 amide bonds. The lowest BCUT2D eigenvalue weighted by Crippen LogP contribution is -2.66. The predicted octanol–water partition coefficient (Wildman–Crippen LogP) is 4.73. The van der Waals surface area contributed by atoms with E-state index in [0.717, 1.165) is 33.9 Å². The predicted molar refractivity (Wildman–Crippen MR) is 119 cm³/mol. The van der Waals surface area contributed by atoms with Crippen LogP contribution in [0.25, 0.3) is 31.0 Å². The number of hydrogen-bond acceptors (Lipinski definition) is 6. The van der Waals surface area contributed by atoms with Crippen LogP contribution in [0.1, 0.15) is 19.3 Å². The van der Waals surface area contributed by atoms with Crippen LogP contribution in [0.5, 0.6) is 0 Å². The van der Waals surface area contributed by atoms with Crippen molar-refractivity contribution in [3.05, 3.63) is 30.2 Å². The molecule has 3 aromatic heterocycles. The molecule has 0 radical (unpaired) electrons. The lowest BCUT2D eigenvalue weighted by atomic mass is 9.78. The van der Waals surface area contributed by atoms with Gasteiger partial charge in [0.1, 0.15) is 15.4 Å². The molecule has 1 aromatic carbocycles. The fraction of sp³-hybridized carbons (Fsp3) is 0.429. The molecule has 0 aliphatic carbocycles. The van der Waals surface area contributed by atoms with E-state index >= 15 is 0 Å². The number of thiazole rings is 1. The SMILES string of the molecule is CN1CCCC2(CCN2c2cc3sc(-c4cc(F)c5nn(C)cc5c4)nc3s2)C1. The lowest BCUT2D eigenvalue weighted by Gasteiger charge is -2.57. The molecule has 0 N–H and O–H groups in total. The summed E-state index contributed by atoms with van der Waals surface area (Å²) in [4.78, 5) is 11.0. The van der Waals surface area contributed by atoms with E-state index in [1.807, 2.05) is 19.3 Å². The van der Waals surface area contributed by atoms with Crippen molar-refractivity contribution in [3.63, 3.8) is 0 Å². The summed E-state index contributed by atoms with van der Waals surface area (Å²) in [5.41, 5.74) is 1.56. The number of aryl methyl sites for hydroxylation is 1. The van der Waals surface area contributed by atoms with Crippen molar-refractivity contribution in [1.29, 1.82) is 0 Å². The van der Waals surface area contributed by atoms with Gasteiger partial charge in [-0.1, -0.05) is 11.3 Å². The summed E-state index contributed by atoms with van der Waals surface area (Å²) in [7, 11) is 4.04. The molecular weight excluding hydrogens is 405 g/mol. The van der Waals surface area contributed by atoms with Crippen molar-refractivity contribution in [2.75, 3.05) is 31.6 Å². The second-order valence-corrected chi connectivity index (χ2v) is 10.5. The number of likely N-dealkylation sites (tertiary alicyclic amines) is 1. The minimum atomic E-state index is -0.290. The second kappa shape index (κ2) is 6.23. The fourth-order valence-electron chi connectivity index (χ4n) is 4.96. The maximum atomic E-state index is 14.5. The Bertz CT molecular complexity index is 1210. The van der Waals surface area contributed by atoms with Gasteiger partial charge in [0, 0.05) is 37.3 Å². The number of benzene rings is 1. The summed E-state index contributed by atoms with van der Waals surface area (Å²) < 4.78 is 17.3. The summed E-state index contributed by atoms with van der Waals surface area (Å²) in [5.74, 6) is -0.290. The molecule has 1 atom stereocenters. The van der Waals surface area contributed by atoms with Crippen molar-refractivity contribution < 1.29 is 4.39 Å². The summed E-state index contributed by atoms with van der Waals surface area (Å²) in [6.45, 7) is 3.50. The van der Waals surface area contributed by atoms with Crippen molar-refractivity contribution in [2.24, 2.45) is 7.05 Å². The van der Waals surface area contributed by atoms with Crippen LogP contribution >= 0.6 is 22.7 Å². The van der Waals surface area contributed by atoms with Crippen LogP contribution in [0, 0.1) is 5.82 Å². The number of piperidine rings is 1. The first kappa shape index (κ1) is 17.8. The molecule has 1 spiro atoms. The molecule has 0 bridgehead atoms. The number of nitrogens with zero attached hydrogens (tertiary/aromatic N) is 5. The smallest absolute Gasteiger partial charge is 0.152 e. The van der Waals surface area contributed by atoms with E-state index in [1.54, 1.807) is 33.4 Å². The number of anilines is 1. The number of thiophene rings is 1. The molecule has 5 heterocycles. The van der Waals surface area contributed by atoms with Gasteiger partial charge in [0.15, 0.2) is 5.82 Å². The summed E-state index contributed by atoms with van der Waals surface area (Å²) in [5, 5.41) is 7.21. The van der Waals surface area contributed by atoms with Gasteiger partial charge >= 0.3 is 0 Å². The number of rotatable bonds is 2. The number of fused-ring (bicyclic) bond motifs is 2. The molecular formula is C21H22FN5S2. The normalized spacial score (nSPS) is 22.8. The summed E-state index contributed by atoms with van der Waals surface area (Å²) in [6, 6.07) is 5.83. The number of hydrogen-bond donors (Lipinski definition) is 0. The van der Waals surface area contributed by atoms with Crippen molar-refractivity contribution in [2.45, 2.75) is 24.8 Å². The van der Waals surface area contributed by atoms with Crippen LogP contribution < -0.4 is 4.90 Å². The maximum Gasteiger partial charge on any atom is 0.152 e. The van der Waals surface area contributed by atoms with Gasteiger partial charge < -0.3 is 9.80 Å². The van der Waals surface area contributed by atoms with E-state index in [2.05, 4.69) is 28.0 Å². The number of aromatic nitrogens is 3. The third-order valence-electron chi connectivity index (χ3n) is 6.39. The van der Waals surface area contributed by atoms with Crippen LogP contribution in [-0.4, -0.2) is 51.9 Å². The summed E-state index contributed by atoms with van der Waals surface area (Å²) >= 11 is 3.43. The highest BCUT2D eigenvalue weighted by atomic mass is 32.1. The Labute approximate surface area is 176 Å². The Morgan fingerprint density at radius 2 is 2.00 bits per heavy atom. The Hall–Kier alpha value is -2.03. The van der Waals surface area contributed by atoms with Crippen LogP contribution in [0.4, 0.5) is 9.39 Å². The first-order valence-corrected chi connectivity index (χ1v) is 11.6. The molecule has 150 valence electrons. The van der Waals surface area contributed by atoms with E-state index in [-0.39, 0.29) is 5.82 Å². The van der Waals surface area contributed by atoms with E-state index in [4.69, 9.17) is 4.98 Å². The van der Waals surface area contributed by atoms with Gasteiger partial charge in [-0.05, 0) is 51.1 Å². The summed E-state index contributed by atoms with van der Waals surface area (Å²) in [6.07, 6.45) is 5.69. The standard InChI is InChI=1S/C21H22FN5S2/c1-25-6-3-4-21(12-25)5-7-27(21)17-10-16-20(29-17)23-19(28-16)13-8-14-11-26(2)24-18(14)15(22)9-13/h8-11H,3-7,12H2,1-2H3. The molecule has 2 saturated heterocycles. The van der Waals surface area contributed by atoms with Crippen molar-refractivity contribution in [3.8, 4) is 10.6 Å². The molecule has 8 heteroatoms. The molecule has 6 rings (SSSR count). The van der Waals surface area contributed by atoms with E-state index in [0.29, 0.717) is 11.1 Å². The first-order chi connectivity index (χ1) is 14.0. The zero-order chi connectivity index (χ0) is 19.8. The molecule has 29 heavy (non-hydrogen) atoms. The van der Waals surface area contributed by atoms with E-state index < -0.39 is 0 Å². The largest absolute Gasteiger partial charge is 0.356 e. The zero-order valence-corrected chi connectivity index (χ0v) is 18.1. The molecule has 5 nitrogen and oxygen atoms in total. The average Bonchev–Trinajstić information content (AvgIpc) is 3.33. The van der Waals surface area contributed by atoms with Gasteiger partial charge in [-0.3, -0.25) is 4.68 Å². The highest BCUT2D eigenvalue weighted by Gasteiger charge is 2.47. The highest BCUT2D eigenvalue weighted by molar-refractivity contribution is 7.30. The molecule has 4 aromatic rings. The number of halogens is 1. The Kier molecular flexibility index (Phi) is 3.82. The minimum Gasteiger partial charge on any atom is -0.356 e. The van der Waals surface area contributed by atoms with Gasteiger partial charge in [0.2, 0.25) is 0 Å². The topological polar surface area (TPSA) is 37.2 Å². The van der Waals surface area contributed by atoms with Crippen molar-refractivity contribution in [1.82, 2.24) is 19.7 Å². The molecule has 2 aliphatic rings. The van der Waals surface area contributed by atoms with Crippen LogP contribution in [0.2, 0.25) is 0 Å². The molecule has 2 fully saturated rings. The Morgan fingerprint density at radius 1 is 1.10 bits per heavy atom. The third-order valence-corrected chi connectivity index (χ3v) is 8.62. The first-order valence-electron chi connectivity index (χ1n) is 10.0. The Morgan fingerprint density at radius 3 is 2.76 bits per heavy atom. The van der Waals surface area contributed by atoms with E-state index in [9.17, 15) is 4.39 Å². The van der Waals surface area contributed by atoms with Gasteiger partial charge in [-0.25, -0.2) is 9.37 Å². The monoisotopic (exact) mass is 427 g/mol. The average molecular weight is 428 g/mol. The van der Waals surface area contributed by atoms with Crippen LogP contribution in [0.3, 0.4) is 0 Å². The lowest BCUT2D eigenvalue weighted by molar-refractivity contribution is 0.124.